The Labute approximate surface area is 167 Å². The topological polar surface area (TPSA) is 124 Å². The van der Waals surface area contributed by atoms with Crippen molar-refractivity contribution in [2.45, 2.75) is 19.4 Å². The molecule has 29 heavy (non-hydrogen) atoms. The molecule has 0 aliphatic carbocycles. The molecule has 8 heteroatoms. The van der Waals surface area contributed by atoms with Crippen LogP contribution in [0.25, 0.3) is 11.0 Å². The van der Waals surface area contributed by atoms with Crippen molar-refractivity contribution < 1.29 is 28.6 Å². The third-order valence-corrected chi connectivity index (χ3v) is 4.61. The van der Waals surface area contributed by atoms with Crippen molar-refractivity contribution in [1.29, 1.82) is 0 Å². The SMILES string of the molecule is COc1ccc(Oc2ccc3oc(C)c(C(=O)N[C@@](C)(CO)C(N)=O)c3c2)cc1. The summed E-state index contributed by atoms with van der Waals surface area (Å²) in [5, 5.41) is 12.5. The molecule has 4 N–H and O–H groups in total. The molecule has 152 valence electrons. The number of benzene rings is 2. The van der Waals surface area contributed by atoms with E-state index in [1.807, 2.05) is 0 Å². The average molecular weight is 398 g/mol. The highest BCUT2D eigenvalue weighted by Gasteiger charge is 2.34. The van der Waals surface area contributed by atoms with E-state index in [0.29, 0.717) is 34.0 Å². The Hall–Kier alpha value is -3.52. The van der Waals surface area contributed by atoms with Crippen LogP contribution in [0.2, 0.25) is 0 Å². The molecule has 1 atom stereocenters. The molecule has 3 rings (SSSR count). The van der Waals surface area contributed by atoms with Crippen LogP contribution in [0, 0.1) is 6.92 Å². The maximum absolute atomic E-state index is 12.8. The fraction of sp³-hybridized carbons (Fsp3) is 0.238. The van der Waals surface area contributed by atoms with Gasteiger partial charge >= 0.3 is 0 Å². The molecule has 0 aliphatic heterocycles. The molecule has 3 aromatic rings. The van der Waals surface area contributed by atoms with Crippen LogP contribution in [0.3, 0.4) is 0 Å². The van der Waals surface area contributed by atoms with E-state index in [9.17, 15) is 14.7 Å². The zero-order valence-electron chi connectivity index (χ0n) is 16.3. The molecular formula is C21H22N2O6. The molecule has 0 saturated carbocycles. The maximum Gasteiger partial charge on any atom is 0.256 e. The van der Waals surface area contributed by atoms with Crippen molar-refractivity contribution in [1.82, 2.24) is 5.32 Å². The molecular weight excluding hydrogens is 376 g/mol. The normalized spacial score (nSPS) is 13.0. The van der Waals surface area contributed by atoms with Crippen LogP contribution in [0.15, 0.2) is 46.9 Å². The maximum atomic E-state index is 12.8. The molecule has 0 aliphatic rings. The smallest absolute Gasteiger partial charge is 0.256 e. The third kappa shape index (κ3) is 4.02. The van der Waals surface area contributed by atoms with Gasteiger partial charge in [0.1, 0.15) is 34.1 Å². The summed E-state index contributed by atoms with van der Waals surface area (Å²) in [6, 6.07) is 12.2. The first kappa shape index (κ1) is 20.2. The Morgan fingerprint density at radius 1 is 1.14 bits per heavy atom. The van der Waals surface area contributed by atoms with Crippen molar-refractivity contribution in [3.63, 3.8) is 0 Å². The molecule has 2 aromatic carbocycles. The summed E-state index contributed by atoms with van der Waals surface area (Å²) >= 11 is 0. The van der Waals surface area contributed by atoms with Gasteiger partial charge in [0.25, 0.3) is 5.91 Å². The number of aliphatic hydroxyl groups excluding tert-OH is 1. The largest absolute Gasteiger partial charge is 0.497 e. The predicted molar refractivity (Wildman–Crippen MR) is 106 cm³/mol. The monoisotopic (exact) mass is 398 g/mol. The number of hydrogen-bond donors (Lipinski definition) is 3. The number of carbonyl (C=O) groups is 2. The average Bonchev–Trinajstić information content (AvgIpc) is 3.03. The number of nitrogens with two attached hydrogens (primary N) is 1. The van der Waals surface area contributed by atoms with E-state index >= 15 is 0 Å². The zero-order valence-corrected chi connectivity index (χ0v) is 16.3. The van der Waals surface area contributed by atoms with Gasteiger partial charge in [-0.15, -0.1) is 0 Å². The van der Waals surface area contributed by atoms with E-state index in [-0.39, 0.29) is 5.56 Å². The van der Waals surface area contributed by atoms with Gasteiger partial charge in [0.15, 0.2) is 0 Å². The highest BCUT2D eigenvalue weighted by atomic mass is 16.5. The summed E-state index contributed by atoms with van der Waals surface area (Å²) in [4.78, 5) is 24.4. The van der Waals surface area contributed by atoms with Gasteiger partial charge in [0.05, 0.1) is 19.3 Å². The minimum absolute atomic E-state index is 0.237. The molecule has 1 heterocycles. The predicted octanol–water partition coefficient (Wildman–Crippen LogP) is 2.51. The highest BCUT2D eigenvalue weighted by molar-refractivity contribution is 6.09. The number of rotatable bonds is 7. The van der Waals surface area contributed by atoms with Crippen LogP contribution >= 0.6 is 0 Å². The quantitative estimate of drug-likeness (QED) is 0.562. The number of aliphatic hydroxyl groups is 1. The van der Waals surface area contributed by atoms with Crippen molar-refractivity contribution in [3.8, 4) is 17.2 Å². The first-order valence-electron chi connectivity index (χ1n) is 8.85. The number of amides is 2. The fourth-order valence-corrected chi connectivity index (χ4v) is 2.82. The Morgan fingerprint density at radius 3 is 2.34 bits per heavy atom. The molecule has 8 nitrogen and oxygen atoms in total. The number of nitrogens with one attached hydrogen (secondary N) is 1. The summed E-state index contributed by atoms with van der Waals surface area (Å²) in [7, 11) is 1.58. The number of fused-ring (bicyclic) bond motifs is 1. The summed E-state index contributed by atoms with van der Waals surface area (Å²) in [6.45, 7) is 2.36. The number of ether oxygens (including phenoxy) is 2. The van der Waals surface area contributed by atoms with Crippen molar-refractivity contribution in [2.24, 2.45) is 5.73 Å². The van der Waals surface area contributed by atoms with Gasteiger partial charge in [0, 0.05) is 5.39 Å². The van der Waals surface area contributed by atoms with Crippen molar-refractivity contribution in [3.05, 3.63) is 53.8 Å². The van der Waals surface area contributed by atoms with Gasteiger partial charge in [0.2, 0.25) is 5.91 Å². The van der Waals surface area contributed by atoms with Crippen LogP contribution in [0.1, 0.15) is 23.0 Å². The molecule has 1 aromatic heterocycles. The lowest BCUT2D eigenvalue weighted by molar-refractivity contribution is -0.124. The van der Waals surface area contributed by atoms with E-state index in [1.165, 1.54) is 6.92 Å². The second kappa shape index (κ2) is 7.84. The first-order valence-corrected chi connectivity index (χ1v) is 8.85. The molecule has 0 radical (unpaired) electrons. The number of hydrogen-bond acceptors (Lipinski definition) is 6. The van der Waals surface area contributed by atoms with E-state index < -0.39 is 24.0 Å². The van der Waals surface area contributed by atoms with Gasteiger partial charge in [-0.1, -0.05) is 0 Å². The third-order valence-electron chi connectivity index (χ3n) is 4.61. The second-order valence-corrected chi connectivity index (χ2v) is 6.78. The first-order chi connectivity index (χ1) is 13.8. The molecule has 0 unspecified atom stereocenters. The van der Waals surface area contributed by atoms with Crippen LogP contribution in [-0.2, 0) is 4.79 Å². The molecule has 0 spiro atoms. The molecule has 2 amide bonds. The van der Waals surface area contributed by atoms with E-state index in [2.05, 4.69) is 5.32 Å². The highest BCUT2D eigenvalue weighted by Crippen LogP contribution is 2.32. The van der Waals surface area contributed by atoms with E-state index in [1.54, 1.807) is 56.5 Å². The lowest BCUT2D eigenvalue weighted by atomic mass is 10.0. The summed E-state index contributed by atoms with van der Waals surface area (Å²) in [5.74, 6) is 0.735. The lowest BCUT2D eigenvalue weighted by Gasteiger charge is -2.24. The fourth-order valence-electron chi connectivity index (χ4n) is 2.82. The zero-order chi connectivity index (χ0) is 21.2. The Balaban J connectivity index is 1.93. The molecule has 0 bridgehead atoms. The number of methoxy groups -OCH3 is 1. The summed E-state index contributed by atoms with van der Waals surface area (Å²) < 4.78 is 16.6. The van der Waals surface area contributed by atoms with Gasteiger partial charge in [-0.25, -0.2) is 0 Å². The minimum Gasteiger partial charge on any atom is -0.497 e. The standard InChI is InChI=1S/C21H22N2O6/c1-12-18(19(25)23-21(2,11-24)20(22)26)16-10-15(8-9-17(16)28-12)29-14-6-4-13(27-3)5-7-14/h4-10,24H,11H2,1-3H3,(H2,22,26)(H,23,25)/t21-/m0/s1. The van der Waals surface area contributed by atoms with Crippen LogP contribution in [0.5, 0.6) is 17.2 Å². The molecule has 0 fully saturated rings. The minimum atomic E-state index is -1.59. The lowest BCUT2D eigenvalue weighted by Crippen LogP contribution is -2.57. The van der Waals surface area contributed by atoms with E-state index in [0.717, 1.165) is 0 Å². The second-order valence-electron chi connectivity index (χ2n) is 6.78. The number of primary amides is 1. The van der Waals surface area contributed by atoms with Crippen LogP contribution in [0.4, 0.5) is 0 Å². The van der Waals surface area contributed by atoms with Gasteiger partial charge in [-0.05, 0) is 56.3 Å². The van der Waals surface area contributed by atoms with Crippen LogP contribution < -0.4 is 20.5 Å². The Morgan fingerprint density at radius 2 is 1.76 bits per heavy atom. The van der Waals surface area contributed by atoms with Gasteiger partial charge < -0.3 is 30.0 Å². The van der Waals surface area contributed by atoms with Crippen LogP contribution in [-0.4, -0.2) is 36.2 Å². The number of aryl methyl sites for hydroxylation is 1. The van der Waals surface area contributed by atoms with Crippen molar-refractivity contribution in [2.75, 3.05) is 13.7 Å². The molecule has 0 saturated heterocycles. The van der Waals surface area contributed by atoms with E-state index in [4.69, 9.17) is 19.6 Å². The summed E-state index contributed by atoms with van der Waals surface area (Å²) in [6.07, 6.45) is 0. The number of furan rings is 1. The van der Waals surface area contributed by atoms with Crippen molar-refractivity contribution >= 4 is 22.8 Å². The van der Waals surface area contributed by atoms with Gasteiger partial charge in [-0.3, -0.25) is 9.59 Å². The number of carbonyl (C=O) groups excluding carboxylic acids is 2. The van der Waals surface area contributed by atoms with Gasteiger partial charge in [-0.2, -0.15) is 0 Å². The summed E-state index contributed by atoms with van der Waals surface area (Å²) in [5.41, 5.74) is 4.43. The Kier molecular flexibility index (Phi) is 5.47. The Bertz CT molecular complexity index is 1060.